The van der Waals surface area contributed by atoms with E-state index in [4.69, 9.17) is 15.2 Å². The summed E-state index contributed by atoms with van der Waals surface area (Å²) in [5.41, 5.74) is 9.49. The standard InChI is InChI=1S/C20H26N4O2/c1-14-12-15-6-4-5-7-18(15)24(14)11-10-22-20(21)23-17-13-16(25-2)8-9-19(17)26-3/h4-9,13-14H,10-12H2,1-3H3,(H3,21,22,23). The Hall–Kier alpha value is -2.89. The van der Waals surface area contributed by atoms with E-state index in [9.17, 15) is 0 Å². The average molecular weight is 354 g/mol. The summed E-state index contributed by atoms with van der Waals surface area (Å²) >= 11 is 0. The molecule has 0 spiro atoms. The Balaban J connectivity index is 1.63. The molecule has 6 nitrogen and oxygen atoms in total. The first kappa shape index (κ1) is 17.9. The fourth-order valence-electron chi connectivity index (χ4n) is 3.34. The molecule has 2 aromatic rings. The molecule has 0 fully saturated rings. The second kappa shape index (κ2) is 7.99. The SMILES string of the molecule is COc1ccc(OC)c(NC(N)=NCCN2c3ccccc3CC2C)c1. The molecule has 138 valence electrons. The minimum absolute atomic E-state index is 0.358. The first-order valence-electron chi connectivity index (χ1n) is 8.76. The quantitative estimate of drug-likeness (QED) is 0.616. The third-order valence-corrected chi connectivity index (χ3v) is 4.64. The van der Waals surface area contributed by atoms with E-state index in [-0.39, 0.29) is 0 Å². The maximum Gasteiger partial charge on any atom is 0.193 e. The van der Waals surface area contributed by atoms with Crippen LogP contribution in [-0.4, -0.2) is 39.3 Å². The van der Waals surface area contributed by atoms with Crippen molar-refractivity contribution in [1.82, 2.24) is 0 Å². The van der Waals surface area contributed by atoms with Crippen molar-refractivity contribution in [1.29, 1.82) is 0 Å². The van der Waals surface area contributed by atoms with Crippen molar-refractivity contribution in [3.63, 3.8) is 0 Å². The number of guanidine groups is 1. The summed E-state index contributed by atoms with van der Waals surface area (Å²) in [7, 11) is 3.24. The highest BCUT2D eigenvalue weighted by molar-refractivity contribution is 5.94. The number of fused-ring (bicyclic) bond motifs is 1. The normalized spacial score (nSPS) is 16.3. The number of rotatable bonds is 6. The minimum atomic E-state index is 0.358. The van der Waals surface area contributed by atoms with Crippen molar-refractivity contribution in [3.8, 4) is 11.5 Å². The minimum Gasteiger partial charge on any atom is -0.497 e. The number of anilines is 2. The van der Waals surface area contributed by atoms with Crippen LogP contribution in [0.1, 0.15) is 12.5 Å². The molecular formula is C20H26N4O2. The number of hydrogen-bond donors (Lipinski definition) is 2. The van der Waals surface area contributed by atoms with Gasteiger partial charge < -0.3 is 25.4 Å². The molecule has 0 saturated carbocycles. The molecule has 0 amide bonds. The summed E-state index contributed by atoms with van der Waals surface area (Å²) in [5.74, 6) is 1.77. The fourth-order valence-corrected chi connectivity index (χ4v) is 3.34. The Kier molecular flexibility index (Phi) is 5.51. The van der Waals surface area contributed by atoms with Crippen molar-refractivity contribution >= 4 is 17.3 Å². The summed E-state index contributed by atoms with van der Waals surface area (Å²) < 4.78 is 10.6. The summed E-state index contributed by atoms with van der Waals surface area (Å²) in [6.45, 7) is 3.69. The van der Waals surface area contributed by atoms with Gasteiger partial charge >= 0.3 is 0 Å². The number of para-hydroxylation sites is 1. The van der Waals surface area contributed by atoms with Gasteiger partial charge in [0, 0.05) is 24.3 Å². The third kappa shape index (κ3) is 3.85. The highest BCUT2D eigenvalue weighted by Crippen LogP contribution is 2.31. The van der Waals surface area contributed by atoms with Crippen LogP contribution in [0.5, 0.6) is 11.5 Å². The predicted octanol–water partition coefficient (Wildman–Crippen LogP) is 2.88. The summed E-state index contributed by atoms with van der Waals surface area (Å²) in [4.78, 5) is 6.85. The summed E-state index contributed by atoms with van der Waals surface area (Å²) in [5, 5.41) is 3.10. The first-order valence-corrected chi connectivity index (χ1v) is 8.76. The van der Waals surface area contributed by atoms with Gasteiger partial charge in [0.05, 0.1) is 26.5 Å². The molecule has 1 aliphatic heterocycles. The molecule has 1 heterocycles. The number of aliphatic imine (C=N–C) groups is 1. The van der Waals surface area contributed by atoms with E-state index < -0.39 is 0 Å². The smallest absolute Gasteiger partial charge is 0.193 e. The van der Waals surface area contributed by atoms with Crippen LogP contribution in [-0.2, 0) is 6.42 Å². The van der Waals surface area contributed by atoms with Crippen LogP contribution in [0, 0.1) is 0 Å². The zero-order valence-corrected chi connectivity index (χ0v) is 15.5. The molecule has 0 aliphatic carbocycles. The average Bonchev–Trinajstić information content (AvgIpc) is 2.97. The molecule has 1 unspecified atom stereocenters. The van der Waals surface area contributed by atoms with Gasteiger partial charge in [-0.1, -0.05) is 18.2 Å². The predicted molar refractivity (Wildman–Crippen MR) is 107 cm³/mol. The van der Waals surface area contributed by atoms with Gasteiger partial charge in [0.1, 0.15) is 11.5 Å². The van der Waals surface area contributed by atoms with Crippen LogP contribution in [0.15, 0.2) is 47.5 Å². The van der Waals surface area contributed by atoms with Crippen LogP contribution in [0.3, 0.4) is 0 Å². The zero-order chi connectivity index (χ0) is 18.5. The summed E-state index contributed by atoms with van der Waals surface area (Å²) in [6, 6.07) is 14.5. The third-order valence-electron chi connectivity index (χ3n) is 4.64. The Morgan fingerprint density at radius 2 is 2.04 bits per heavy atom. The molecule has 2 aromatic carbocycles. The number of nitrogens with zero attached hydrogens (tertiary/aromatic N) is 2. The molecule has 3 N–H and O–H groups in total. The highest BCUT2D eigenvalue weighted by atomic mass is 16.5. The molecule has 1 aliphatic rings. The topological polar surface area (TPSA) is 72.1 Å². The van der Waals surface area contributed by atoms with E-state index in [0.29, 0.717) is 24.3 Å². The van der Waals surface area contributed by atoms with Crippen LogP contribution in [0.2, 0.25) is 0 Å². The van der Waals surface area contributed by atoms with Crippen molar-refractivity contribution in [2.45, 2.75) is 19.4 Å². The van der Waals surface area contributed by atoms with E-state index in [1.165, 1.54) is 11.3 Å². The van der Waals surface area contributed by atoms with Crippen LogP contribution in [0.4, 0.5) is 11.4 Å². The Labute approximate surface area is 154 Å². The zero-order valence-electron chi connectivity index (χ0n) is 15.5. The number of methoxy groups -OCH3 is 2. The number of nitrogens with one attached hydrogen (secondary N) is 1. The van der Waals surface area contributed by atoms with Crippen molar-refractivity contribution in [2.75, 3.05) is 37.5 Å². The molecule has 1 atom stereocenters. The molecule has 0 radical (unpaired) electrons. The first-order chi connectivity index (χ1) is 12.6. The van der Waals surface area contributed by atoms with Crippen LogP contribution >= 0.6 is 0 Å². The maximum atomic E-state index is 6.06. The molecular weight excluding hydrogens is 328 g/mol. The number of benzene rings is 2. The molecule has 0 saturated heterocycles. The molecule has 0 bridgehead atoms. The second-order valence-electron chi connectivity index (χ2n) is 6.33. The Bertz CT molecular complexity index is 791. The maximum absolute atomic E-state index is 6.06. The molecule has 0 aromatic heterocycles. The Morgan fingerprint density at radius 3 is 2.81 bits per heavy atom. The fraction of sp³-hybridized carbons (Fsp3) is 0.350. The molecule has 6 heteroatoms. The van der Waals surface area contributed by atoms with Gasteiger partial charge in [-0.2, -0.15) is 0 Å². The van der Waals surface area contributed by atoms with Gasteiger partial charge in [-0.25, -0.2) is 0 Å². The number of hydrogen-bond acceptors (Lipinski definition) is 4. The van der Waals surface area contributed by atoms with Gasteiger partial charge in [0.15, 0.2) is 5.96 Å². The van der Waals surface area contributed by atoms with E-state index >= 15 is 0 Å². The van der Waals surface area contributed by atoms with Gasteiger partial charge in [0.2, 0.25) is 0 Å². The van der Waals surface area contributed by atoms with Gasteiger partial charge in [0.25, 0.3) is 0 Å². The lowest BCUT2D eigenvalue weighted by molar-refractivity contribution is 0.405. The van der Waals surface area contributed by atoms with Crippen LogP contribution < -0.4 is 25.4 Å². The van der Waals surface area contributed by atoms with Gasteiger partial charge in [-0.15, -0.1) is 0 Å². The number of nitrogens with two attached hydrogens (primary N) is 1. The lowest BCUT2D eigenvalue weighted by atomic mass is 10.1. The summed E-state index contributed by atoms with van der Waals surface area (Å²) in [6.07, 6.45) is 1.08. The van der Waals surface area contributed by atoms with E-state index in [1.807, 2.05) is 18.2 Å². The lowest BCUT2D eigenvalue weighted by Crippen LogP contribution is -2.32. The van der Waals surface area contributed by atoms with Gasteiger partial charge in [-0.05, 0) is 37.1 Å². The number of ether oxygens (including phenoxy) is 2. The molecule has 26 heavy (non-hydrogen) atoms. The monoisotopic (exact) mass is 354 g/mol. The van der Waals surface area contributed by atoms with Crippen LogP contribution in [0.25, 0.3) is 0 Å². The van der Waals surface area contributed by atoms with Crippen molar-refractivity contribution in [3.05, 3.63) is 48.0 Å². The van der Waals surface area contributed by atoms with E-state index in [1.54, 1.807) is 14.2 Å². The highest BCUT2D eigenvalue weighted by Gasteiger charge is 2.24. The van der Waals surface area contributed by atoms with Gasteiger partial charge in [-0.3, -0.25) is 4.99 Å². The largest absolute Gasteiger partial charge is 0.497 e. The second-order valence-corrected chi connectivity index (χ2v) is 6.33. The van der Waals surface area contributed by atoms with E-state index in [0.717, 1.165) is 24.4 Å². The lowest BCUT2D eigenvalue weighted by Gasteiger charge is -2.24. The Morgan fingerprint density at radius 1 is 1.23 bits per heavy atom. The van der Waals surface area contributed by atoms with Crippen molar-refractivity contribution in [2.24, 2.45) is 10.7 Å². The van der Waals surface area contributed by atoms with Crippen molar-refractivity contribution < 1.29 is 9.47 Å². The van der Waals surface area contributed by atoms with E-state index in [2.05, 4.69) is 46.4 Å². The molecule has 3 rings (SSSR count).